The Kier molecular flexibility index (Phi) is 8.60. The van der Waals surface area contributed by atoms with Gasteiger partial charge in [0.05, 0.1) is 18.3 Å². The third-order valence-electron chi connectivity index (χ3n) is 5.28. The maximum absolute atomic E-state index is 12.7. The maximum Gasteiger partial charge on any atom is 0.408 e. The van der Waals surface area contributed by atoms with Gasteiger partial charge in [-0.05, 0) is 51.8 Å². The second-order valence-corrected chi connectivity index (χ2v) is 16.5. The molecule has 7 nitrogen and oxygen atoms in total. The number of nitrogens with one attached hydrogen (secondary N) is 1. The molecule has 2 bridgehead atoms. The average Bonchev–Trinajstić information content (AvgIpc) is 3.14. The van der Waals surface area contributed by atoms with Crippen molar-refractivity contribution >= 4 is 14.2 Å². The van der Waals surface area contributed by atoms with Crippen LogP contribution in [-0.4, -0.2) is 42.5 Å². The zero-order valence-electron chi connectivity index (χ0n) is 21.4. The normalized spacial score (nSPS) is 16.6. The van der Waals surface area contributed by atoms with Crippen LogP contribution in [0.3, 0.4) is 0 Å². The van der Waals surface area contributed by atoms with Crippen LogP contribution in [0.1, 0.15) is 45.5 Å². The number of carbonyl (C=O) groups is 1. The molecule has 0 aliphatic carbocycles. The quantitative estimate of drug-likeness (QED) is 0.301. The molecule has 0 fully saturated rings. The molecule has 0 saturated carbocycles. The van der Waals surface area contributed by atoms with Gasteiger partial charge in [0.25, 0.3) is 0 Å². The number of benzene rings is 1. The van der Waals surface area contributed by atoms with Crippen molar-refractivity contribution in [2.24, 2.45) is 0 Å². The van der Waals surface area contributed by atoms with E-state index in [0.29, 0.717) is 26.4 Å². The number of aromatic nitrogens is 2. The van der Waals surface area contributed by atoms with Crippen molar-refractivity contribution in [3.63, 3.8) is 0 Å². The molecule has 1 N–H and O–H groups in total. The molecular formula is C26H39N3O4Si. The Morgan fingerprint density at radius 3 is 2.74 bits per heavy atom. The van der Waals surface area contributed by atoms with E-state index in [2.05, 4.69) is 37.1 Å². The van der Waals surface area contributed by atoms with Crippen molar-refractivity contribution in [1.82, 2.24) is 14.9 Å². The standard InChI is InChI=1S/C26H39N3O4Si/c1-26(2,3)33-25(30)28-21-13-8-7-11-15-32-23-14-10-9-12-20(23)22-18-29(24(21)27-22)19-31-16-17-34(4,5)6/h7-10,12,14,18,21H,11,13,15-17,19H2,1-6H3,(H,28,30)/t21-/m0/s1. The number of hydrogen-bond donors (Lipinski definition) is 1. The average molecular weight is 486 g/mol. The molecule has 1 amide bonds. The molecule has 0 unspecified atom stereocenters. The third-order valence-corrected chi connectivity index (χ3v) is 6.98. The summed E-state index contributed by atoms with van der Waals surface area (Å²) in [4.78, 5) is 17.6. The smallest absolute Gasteiger partial charge is 0.408 e. The second-order valence-electron chi connectivity index (χ2n) is 10.8. The Morgan fingerprint density at radius 1 is 1.24 bits per heavy atom. The Morgan fingerprint density at radius 2 is 2.00 bits per heavy atom. The van der Waals surface area contributed by atoms with Gasteiger partial charge in [-0.15, -0.1) is 0 Å². The third kappa shape index (κ3) is 8.02. The molecule has 1 aliphatic heterocycles. The van der Waals surface area contributed by atoms with Crippen LogP contribution in [0.15, 0.2) is 42.6 Å². The Labute approximate surface area is 204 Å². The van der Waals surface area contributed by atoms with Gasteiger partial charge in [-0.25, -0.2) is 9.78 Å². The fourth-order valence-electron chi connectivity index (χ4n) is 3.55. The number of hydrogen-bond acceptors (Lipinski definition) is 5. The summed E-state index contributed by atoms with van der Waals surface area (Å²) in [6, 6.07) is 8.65. The molecule has 0 saturated heterocycles. The number of alkyl carbamates (subject to hydrolysis) is 1. The van der Waals surface area contributed by atoms with E-state index in [9.17, 15) is 4.79 Å². The predicted molar refractivity (Wildman–Crippen MR) is 138 cm³/mol. The molecule has 186 valence electrons. The zero-order chi connectivity index (χ0) is 24.8. The topological polar surface area (TPSA) is 74.6 Å². The van der Waals surface area contributed by atoms with Crippen LogP contribution in [0.5, 0.6) is 5.75 Å². The number of rotatable bonds is 6. The lowest BCUT2D eigenvalue weighted by Crippen LogP contribution is -2.36. The first kappa shape index (κ1) is 26.0. The summed E-state index contributed by atoms with van der Waals surface area (Å²) in [5.74, 6) is 1.53. The fourth-order valence-corrected chi connectivity index (χ4v) is 4.31. The van der Waals surface area contributed by atoms with Gasteiger partial charge in [-0.2, -0.15) is 0 Å². The van der Waals surface area contributed by atoms with Crippen LogP contribution in [0, 0.1) is 0 Å². The van der Waals surface area contributed by atoms with Crippen LogP contribution in [0.4, 0.5) is 4.79 Å². The minimum absolute atomic E-state index is 0.354. The summed E-state index contributed by atoms with van der Waals surface area (Å²) in [5.41, 5.74) is 1.13. The number of ether oxygens (including phenoxy) is 3. The Balaban J connectivity index is 1.94. The van der Waals surface area contributed by atoms with Gasteiger partial charge in [0.15, 0.2) is 0 Å². The Hall–Kier alpha value is -2.58. The van der Waals surface area contributed by atoms with Gasteiger partial charge < -0.3 is 24.1 Å². The first-order chi connectivity index (χ1) is 16.0. The van der Waals surface area contributed by atoms with E-state index in [0.717, 1.165) is 35.3 Å². The molecular weight excluding hydrogens is 446 g/mol. The van der Waals surface area contributed by atoms with E-state index >= 15 is 0 Å². The minimum atomic E-state index is -1.20. The van der Waals surface area contributed by atoms with Crippen molar-refractivity contribution in [2.75, 3.05) is 13.2 Å². The minimum Gasteiger partial charge on any atom is -0.493 e. The SMILES string of the molecule is CC(C)(C)OC(=O)N[C@H]1CC=CCCOc2ccccc2-c2cn(COCC[Si](C)(C)C)c1n2. The van der Waals surface area contributed by atoms with E-state index in [1.54, 1.807) is 0 Å². The van der Waals surface area contributed by atoms with Crippen LogP contribution < -0.4 is 10.1 Å². The second kappa shape index (κ2) is 11.2. The van der Waals surface area contributed by atoms with Crippen molar-refractivity contribution in [1.29, 1.82) is 0 Å². The number of carbonyl (C=O) groups excluding carboxylic acids is 1. The number of para-hydroxylation sites is 1. The van der Waals surface area contributed by atoms with Gasteiger partial charge in [0, 0.05) is 26.4 Å². The van der Waals surface area contributed by atoms with Gasteiger partial charge in [-0.3, -0.25) is 0 Å². The van der Waals surface area contributed by atoms with E-state index in [4.69, 9.17) is 19.2 Å². The van der Waals surface area contributed by atoms with Crippen molar-refractivity contribution in [2.45, 2.75) is 77.7 Å². The van der Waals surface area contributed by atoms with E-state index < -0.39 is 19.8 Å². The fraction of sp³-hybridized carbons (Fsp3) is 0.538. The van der Waals surface area contributed by atoms with Gasteiger partial charge in [0.1, 0.15) is 23.9 Å². The molecule has 8 heteroatoms. The van der Waals surface area contributed by atoms with E-state index in [1.807, 2.05) is 55.8 Å². The van der Waals surface area contributed by atoms with Crippen LogP contribution >= 0.6 is 0 Å². The number of fused-ring (bicyclic) bond motifs is 4. The van der Waals surface area contributed by atoms with Gasteiger partial charge >= 0.3 is 6.09 Å². The van der Waals surface area contributed by atoms with E-state index in [1.165, 1.54) is 0 Å². The van der Waals surface area contributed by atoms with Crippen LogP contribution in [-0.2, 0) is 16.2 Å². The molecule has 2 aromatic rings. The first-order valence-corrected chi connectivity index (χ1v) is 15.7. The van der Waals surface area contributed by atoms with Crippen LogP contribution in [0.25, 0.3) is 11.3 Å². The summed E-state index contributed by atoms with van der Waals surface area (Å²) >= 11 is 0. The molecule has 1 aromatic heterocycles. The lowest BCUT2D eigenvalue weighted by Gasteiger charge is -2.23. The zero-order valence-corrected chi connectivity index (χ0v) is 22.4. The van der Waals surface area contributed by atoms with Gasteiger partial charge in [0.2, 0.25) is 0 Å². The van der Waals surface area contributed by atoms with Crippen molar-refractivity contribution in [3.05, 3.63) is 48.4 Å². The summed E-state index contributed by atoms with van der Waals surface area (Å²) < 4.78 is 19.6. The number of nitrogens with zero attached hydrogens (tertiary/aromatic N) is 2. The first-order valence-electron chi connectivity index (χ1n) is 12.0. The predicted octanol–water partition coefficient (Wildman–Crippen LogP) is 6.16. The van der Waals surface area contributed by atoms with Gasteiger partial charge in [-0.1, -0.05) is 43.9 Å². The monoisotopic (exact) mass is 485 g/mol. The molecule has 0 spiro atoms. The highest BCUT2D eigenvalue weighted by atomic mass is 28.3. The maximum atomic E-state index is 12.7. The number of amides is 1. The molecule has 2 heterocycles. The lowest BCUT2D eigenvalue weighted by molar-refractivity contribution is 0.0492. The molecule has 34 heavy (non-hydrogen) atoms. The number of imidazole rings is 1. The summed E-state index contributed by atoms with van der Waals surface area (Å²) in [6.45, 7) is 14.2. The van der Waals surface area contributed by atoms with Crippen LogP contribution in [0.2, 0.25) is 25.7 Å². The summed E-state index contributed by atoms with van der Waals surface area (Å²) in [7, 11) is -1.20. The summed E-state index contributed by atoms with van der Waals surface area (Å²) in [6.07, 6.45) is 7.03. The van der Waals surface area contributed by atoms with Crippen molar-refractivity contribution in [3.8, 4) is 17.0 Å². The molecule has 3 rings (SSSR count). The highest BCUT2D eigenvalue weighted by Gasteiger charge is 2.25. The lowest BCUT2D eigenvalue weighted by atomic mass is 10.1. The summed E-state index contributed by atoms with van der Waals surface area (Å²) in [5, 5.41) is 3.03. The largest absolute Gasteiger partial charge is 0.493 e. The van der Waals surface area contributed by atoms with Crippen molar-refractivity contribution < 1.29 is 19.0 Å². The molecule has 1 aliphatic rings. The Bertz CT molecular complexity index is 989. The van der Waals surface area contributed by atoms with E-state index in [-0.39, 0.29) is 6.04 Å². The highest BCUT2D eigenvalue weighted by Crippen LogP contribution is 2.32. The molecule has 0 radical (unpaired) electrons. The highest BCUT2D eigenvalue weighted by molar-refractivity contribution is 6.76. The molecule has 1 aromatic carbocycles. The molecule has 1 atom stereocenters.